The van der Waals surface area contributed by atoms with Crippen LogP contribution < -0.4 is 0 Å². The fraction of sp³-hybridized carbons (Fsp3) is 0.375. The lowest BCUT2D eigenvalue weighted by molar-refractivity contribution is 0.101. The zero-order chi connectivity index (χ0) is 7.84. The first-order valence-corrected chi connectivity index (χ1v) is 4.60. The molecule has 2 heterocycles. The van der Waals surface area contributed by atoms with Gasteiger partial charge in [-0.05, 0) is 13.0 Å². The number of rotatable bonds is 1. The van der Waals surface area contributed by atoms with E-state index in [0.29, 0.717) is 0 Å². The maximum Gasteiger partial charge on any atom is 0.162 e. The Morgan fingerprint density at radius 2 is 2.55 bits per heavy atom. The Bertz CT molecular complexity index is 303. The third-order valence-electron chi connectivity index (χ3n) is 1.86. The second kappa shape index (κ2) is 2.41. The average molecular weight is 167 g/mol. The minimum absolute atomic E-state index is 0.174. The lowest BCUT2D eigenvalue weighted by Gasteiger charge is -1.94. The predicted molar refractivity (Wildman–Crippen MR) is 45.2 cm³/mol. The van der Waals surface area contributed by atoms with Crippen molar-refractivity contribution in [1.29, 1.82) is 0 Å². The molecule has 2 nitrogen and oxygen atoms in total. The Balaban J connectivity index is 2.50. The number of aryl methyl sites for hydroxylation is 1. The van der Waals surface area contributed by atoms with Gasteiger partial charge in [-0.25, -0.2) is 0 Å². The summed E-state index contributed by atoms with van der Waals surface area (Å²) in [4.78, 5) is 11.0. The number of carbonyl (C=O) groups excluding carboxylic acids is 1. The van der Waals surface area contributed by atoms with Gasteiger partial charge in [0, 0.05) is 24.1 Å². The molecule has 0 N–H and O–H groups in total. The van der Waals surface area contributed by atoms with Gasteiger partial charge in [-0.3, -0.25) is 4.79 Å². The molecule has 0 saturated carbocycles. The molecule has 2 rings (SSSR count). The van der Waals surface area contributed by atoms with E-state index in [-0.39, 0.29) is 5.78 Å². The number of Topliss-reactive ketones (excluding diaryl/α,β-unsaturated/α-hetero) is 1. The summed E-state index contributed by atoms with van der Waals surface area (Å²) in [5.41, 5.74) is 0.882. The SMILES string of the molecule is CC(=O)c1ccn2c1SCC2. The van der Waals surface area contributed by atoms with Crippen molar-refractivity contribution in [2.45, 2.75) is 18.5 Å². The van der Waals surface area contributed by atoms with E-state index in [1.165, 1.54) is 0 Å². The molecule has 1 aliphatic rings. The molecule has 0 aliphatic carbocycles. The van der Waals surface area contributed by atoms with Crippen LogP contribution in [0, 0.1) is 0 Å². The Kier molecular flexibility index (Phi) is 1.53. The highest BCUT2D eigenvalue weighted by Gasteiger charge is 2.17. The minimum Gasteiger partial charge on any atom is -0.341 e. The van der Waals surface area contributed by atoms with E-state index in [0.717, 1.165) is 22.9 Å². The highest BCUT2D eigenvalue weighted by atomic mass is 32.2. The quantitative estimate of drug-likeness (QED) is 0.595. The molecule has 1 aromatic heterocycles. The lowest BCUT2D eigenvalue weighted by Crippen LogP contribution is -1.93. The van der Waals surface area contributed by atoms with Crippen LogP contribution >= 0.6 is 11.8 Å². The Morgan fingerprint density at radius 1 is 1.73 bits per heavy atom. The molecule has 1 aliphatic heterocycles. The van der Waals surface area contributed by atoms with Gasteiger partial charge in [0.1, 0.15) is 0 Å². The van der Waals surface area contributed by atoms with E-state index in [1.54, 1.807) is 18.7 Å². The number of ketones is 1. The number of thioether (sulfide) groups is 1. The minimum atomic E-state index is 0.174. The molecule has 3 heteroatoms. The summed E-state index contributed by atoms with van der Waals surface area (Å²) in [7, 11) is 0. The van der Waals surface area contributed by atoms with Crippen molar-refractivity contribution in [2.24, 2.45) is 0 Å². The fourth-order valence-electron chi connectivity index (χ4n) is 1.30. The van der Waals surface area contributed by atoms with Crippen LogP contribution in [0.5, 0.6) is 0 Å². The Hall–Kier alpha value is -0.700. The fourth-order valence-corrected chi connectivity index (χ4v) is 2.47. The standard InChI is InChI=1S/C8H9NOS/c1-6(10)7-2-3-9-4-5-11-8(7)9/h2-3H,4-5H2,1H3. The van der Waals surface area contributed by atoms with E-state index in [4.69, 9.17) is 0 Å². The van der Waals surface area contributed by atoms with Gasteiger partial charge in [0.05, 0.1) is 5.03 Å². The van der Waals surface area contributed by atoms with Crippen molar-refractivity contribution in [1.82, 2.24) is 4.57 Å². The zero-order valence-corrected chi connectivity index (χ0v) is 7.15. The third kappa shape index (κ3) is 0.997. The van der Waals surface area contributed by atoms with Gasteiger partial charge >= 0.3 is 0 Å². The van der Waals surface area contributed by atoms with Gasteiger partial charge in [-0.15, -0.1) is 11.8 Å². The number of nitrogens with zero attached hydrogens (tertiary/aromatic N) is 1. The molecule has 0 amide bonds. The van der Waals surface area contributed by atoms with Crippen LogP contribution in [0.4, 0.5) is 0 Å². The van der Waals surface area contributed by atoms with Crippen LogP contribution in [0.15, 0.2) is 17.3 Å². The number of hydrogen-bond donors (Lipinski definition) is 0. The first kappa shape index (κ1) is 6.98. The second-order valence-electron chi connectivity index (χ2n) is 2.63. The van der Waals surface area contributed by atoms with Crippen LogP contribution in [-0.2, 0) is 6.54 Å². The van der Waals surface area contributed by atoms with Gasteiger partial charge in [-0.1, -0.05) is 0 Å². The zero-order valence-electron chi connectivity index (χ0n) is 6.33. The highest BCUT2D eigenvalue weighted by molar-refractivity contribution is 7.99. The molecule has 58 valence electrons. The number of carbonyl (C=O) groups is 1. The van der Waals surface area contributed by atoms with Crippen LogP contribution in [0.25, 0.3) is 0 Å². The van der Waals surface area contributed by atoms with Gasteiger partial charge in [-0.2, -0.15) is 0 Å². The van der Waals surface area contributed by atoms with Crippen molar-refractivity contribution < 1.29 is 4.79 Å². The average Bonchev–Trinajstić information content (AvgIpc) is 2.41. The van der Waals surface area contributed by atoms with E-state index in [2.05, 4.69) is 4.57 Å². The van der Waals surface area contributed by atoms with Crippen molar-refractivity contribution in [2.75, 3.05) is 5.75 Å². The summed E-state index contributed by atoms with van der Waals surface area (Å²) in [6, 6.07) is 1.91. The van der Waals surface area contributed by atoms with Crippen LogP contribution in [-0.4, -0.2) is 16.1 Å². The van der Waals surface area contributed by atoms with E-state index in [9.17, 15) is 4.79 Å². The smallest absolute Gasteiger partial charge is 0.162 e. The number of aromatic nitrogens is 1. The van der Waals surface area contributed by atoms with E-state index < -0.39 is 0 Å². The van der Waals surface area contributed by atoms with Crippen molar-refractivity contribution >= 4 is 17.5 Å². The summed E-state index contributed by atoms with van der Waals surface area (Å²) < 4.78 is 2.14. The van der Waals surface area contributed by atoms with Crippen molar-refractivity contribution in [3.8, 4) is 0 Å². The molecular weight excluding hydrogens is 158 g/mol. The summed E-state index contributed by atoms with van der Waals surface area (Å²) in [6.45, 7) is 2.67. The van der Waals surface area contributed by atoms with Crippen LogP contribution in [0.1, 0.15) is 17.3 Å². The molecular formula is C8H9NOS. The molecule has 0 saturated heterocycles. The lowest BCUT2D eigenvalue weighted by atomic mass is 10.2. The molecule has 11 heavy (non-hydrogen) atoms. The van der Waals surface area contributed by atoms with Gasteiger partial charge in [0.2, 0.25) is 0 Å². The Labute approximate surface area is 69.6 Å². The van der Waals surface area contributed by atoms with Crippen molar-refractivity contribution in [3.05, 3.63) is 17.8 Å². The first-order valence-electron chi connectivity index (χ1n) is 3.62. The molecule has 1 aromatic rings. The number of hydrogen-bond acceptors (Lipinski definition) is 2. The number of fused-ring (bicyclic) bond motifs is 1. The van der Waals surface area contributed by atoms with E-state index >= 15 is 0 Å². The molecule has 0 radical (unpaired) electrons. The molecule has 0 aromatic carbocycles. The second-order valence-corrected chi connectivity index (χ2v) is 3.72. The Morgan fingerprint density at radius 3 is 3.27 bits per heavy atom. The normalized spacial score (nSPS) is 15.0. The van der Waals surface area contributed by atoms with Gasteiger partial charge in [0.25, 0.3) is 0 Å². The third-order valence-corrected chi connectivity index (χ3v) is 2.98. The first-order chi connectivity index (χ1) is 5.29. The molecule has 0 spiro atoms. The largest absolute Gasteiger partial charge is 0.341 e. The van der Waals surface area contributed by atoms with Crippen LogP contribution in [0.3, 0.4) is 0 Å². The van der Waals surface area contributed by atoms with Crippen molar-refractivity contribution in [3.63, 3.8) is 0 Å². The molecule has 0 atom stereocenters. The van der Waals surface area contributed by atoms with E-state index in [1.807, 2.05) is 12.3 Å². The molecule has 0 fully saturated rings. The van der Waals surface area contributed by atoms with Gasteiger partial charge < -0.3 is 4.57 Å². The molecule has 0 bridgehead atoms. The summed E-state index contributed by atoms with van der Waals surface area (Å²) in [5.74, 6) is 1.28. The van der Waals surface area contributed by atoms with Gasteiger partial charge in [0.15, 0.2) is 5.78 Å². The topological polar surface area (TPSA) is 22.0 Å². The van der Waals surface area contributed by atoms with Crippen LogP contribution in [0.2, 0.25) is 0 Å². The maximum atomic E-state index is 11.0. The monoisotopic (exact) mass is 167 g/mol. The highest BCUT2D eigenvalue weighted by Crippen LogP contribution is 2.29. The summed E-state index contributed by atoms with van der Waals surface area (Å²) in [5, 5.41) is 1.15. The maximum absolute atomic E-state index is 11.0. The molecule has 0 unspecified atom stereocenters. The summed E-state index contributed by atoms with van der Waals surface area (Å²) in [6.07, 6.45) is 1.99. The summed E-state index contributed by atoms with van der Waals surface area (Å²) >= 11 is 1.77. The predicted octanol–water partition coefficient (Wildman–Crippen LogP) is 1.80.